The number of allylic oxidation sites excluding steroid dienone is 2. The summed E-state index contributed by atoms with van der Waals surface area (Å²) in [5.74, 6) is -11.0. The van der Waals surface area contributed by atoms with E-state index in [4.69, 9.17) is 0 Å². The van der Waals surface area contributed by atoms with Gasteiger partial charge in [-0.3, -0.25) is 52.7 Å². The number of aliphatic hydroxyl groups excluding tert-OH is 1. The summed E-state index contributed by atoms with van der Waals surface area (Å²) in [6.45, 7) is 30.3. The molecule has 0 radical (unpaired) electrons. The van der Waals surface area contributed by atoms with Crippen LogP contribution in [0.1, 0.15) is 150 Å². The topological polar surface area (TPSA) is 319 Å². The molecule has 2 aliphatic heterocycles. The van der Waals surface area contributed by atoms with Gasteiger partial charge < -0.3 is 65.6 Å². The predicted molar refractivity (Wildman–Crippen MR) is 366 cm³/mol. The summed E-state index contributed by atoms with van der Waals surface area (Å²) in [6.07, 6.45) is 3.78. The van der Waals surface area contributed by atoms with Crippen LogP contribution in [0.15, 0.2) is 12.2 Å². The first-order valence-electron chi connectivity index (χ1n) is 33.9. The average molecular weight is 1360 g/mol. The molecule has 0 spiro atoms. The largest absolute Gasteiger partial charge is 0.390 e. The Morgan fingerprint density at radius 1 is 0.484 bits per heavy atom. The summed E-state index contributed by atoms with van der Waals surface area (Å²) in [7, 11) is 6.32. The number of piperazine rings is 1. The first kappa shape index (κ1) is 84.8. The highest BCUT2D eigenvalue weighted by Gasteiger charge is 2.47. The van der Waals surface area contributed by atoms with Gasteiger partial charge in [0, 0.05) is 82.1 Å². The van der Waals surface area contributed by atoms with Crippen molar-refractivity contribution in [1.82, 2.24) is 64.8 Å². The van der Waals surface area contributed by atoms with Crippen LogP contribution in [-0.2, 0) is 62.8 Å². The monoisotopic (exact) mass is 1360 g/mol. The van der Waals surface area contributed by atoms with Gasteiger partial charge in [-0.25, -0.2) is 8.42 Å². The molecule has 1 unspecified atom stereocenters. The van der Waals surface area contributed by atoms with Crippen LogP contribution >= 0.6 is 0 Å². The molecule has 28 heteroatoms. The van der Waals surface area contributed by atoms with Crippen LogP contribution < -0.4 is 21.3 Å². The number of nitrogens with zero attached hydrogens (tertiary/aromatic N) is 9. The molecule has 0 bridgehead atoms. The number of nitrogens with one attached hydrogen (secondary N) is 4. The number of rotatable bonds is 17. The molecule has 27 nitrogen and oxygen atoms in total. The Labute approximate surface area is 567 Å². The second-order valence-electron chi connectivity index (χ2n) is 28.7. The minimum absolute atomic E-state index is 0.0297. The molecule has 5 N–H and O–H groups in total. The second kappa shape index (κ2) is 37.5. The minimum atomic E-state index is -3.50. The van der Waals surface area contributed by atoms with Gasteiger partial charge >= 0.3 is 0 Å². The number of carbonyl (C=O) groups is 11. The maximum Gasteiger partial charge on any atom is 0.246 e. The van der Waals surface area contributed by atoms with Crippen LogP contribution in [-0.4, -0.2) is 283 Å². The van der Waals surface area contributed by atoms with Gasteiger partial charge in [0.2, 0.25) is 75.0 Å². The summed E-state index contributed by atoms with van der Waals surface area (Å²) in [4.78, 5) is 174. The number of amides is 11. The highest BCUT2D eigenvalue weighted by Crippen LogP contribution is 2.26. The normalized spacial score (nSPS) is 28.0. The van der Waals surface area contributed by atoms with Crippen molar-refractivity contribution in [1.29, 1.82) is 0 Å². The number of likely N-dealkylation sites (N-methyl/N-ethyl adjacent to an activating group) is 7. The lowest BCUT2D eigenvalue weighted by molar-refractivity contribution is -0.157. The smallest absolute Gasteiger partial charge is 0.246 e. The van der Waals surface area contributed by atoms with E-state index in [0.717, 1.165) is 16.1 Å². The molecule has 14 atom stereocenters. The third-order valence-corrected chi connectivity index (χ3v) is 20.0. The molecule has 0 aromatic heterocycles. The molecule has 2 fully saturated rings. The van der Waals surface area contributed by atoms with Crippen molar-refractivity contribution in [2.45, 2.75) is 222 Å². The van der Waals surface area contributed by atoms with Crippen LogP contribution in [0.5, 0.6) is 0 Å². The molecule has 0 saturated carbocycles. The fourth-order valence-electron chi connectivity index (χ4n) is 12.6. The SMILES string of the molecule is C/C=C/C[C@@H](C)[C@@H](O)[C@H]1C(=O)N[C@@H](CC)C(=O)N(C)[C@H](C)C(=O)N(C)C([C@@H](C)CN2CCN(S(C)(=O)=O)CC2)C(=O)N[C@@H](C(C)C)C(=O)N(C)[C@@H](CC(C)C)C(=O)N[C@@H](C)C(=O)N[C@H](C)C(=O)N(C)[C@@H](CC(C)C)C(=O)N(C)[C@@H](CC(C)C)C(=O)N(C)[C@@H](C(C)C)C(=O)N1C. The summed E-state index contributed by atoms with van der Waals surface area (Å²) in [5.41, 5.74) is 0. The van der Waals surface area contributed by atoms with Gasteiger partial charge in [0.05, 0.1) is 12.4 Å². The highest BCUT2D eigenvalue weighted by molar-refractivity contribution is 7.88. The minimum Gasteiger partial charge on any atom is -0.390 e. The predicted octanol–water partition coefficient (Wildman–Crippen LogP) is 1.82. The zero-order chi connectivity index (χ0) is 73.3. The summed E-state index contributed by atoms with van der Waals surface area (Å²) in [6, 6.07) is -14.3. The van der Waals surface area contributed by atoms with Crippen LogP contribution in [0.25, 0.3) is 0 Å². The number of carbonyl (C=O) groups excluding carboxylic acids is 11. The van der Waals surface area contributed by atoms with Crippen molar-refractivity contribution in [2.24, 2.45) is 41.4 Å². The fourth-order valence-corrected chi connectivity index (χ4v) is 13.4. The Morgan fingerprint density at radius 2 is 0.926 bits per heavy atom. The maximum atomic E-state index is 15.3. The van der Waals surface area contributed by atoms with E-state index in [-0.39, 0.29) is 69.5 Å². The first-order chi connectivity index (χ1) is 43.8. The van der Waals surface area contributed by atoms with Gasteiger partial charge in [-0.05, 0) is 101 Å². The Morgan fingerprint density at radius 3 is 1.39 bits per heavy atom. The molecule has 0 aromatic carbocycles. The third kappa shape index (κ3) is 22.9. The van der Waals surface area contributed by atoms with Crippen molar-refractivity contribution in [3.63, 3.8) is 0 Å². The molecule has 2 rings (SSSR count). The number of aliphatic hydroxyl groups is 1. The first-order valence-corrected chi connectivity index (χ1v) is 35.7. The Balaban J connectivity index is 3.06. The quantitative estimate of drug-likeness (QED) is 0.130. The van der Waals surface area contributed by atoms with E-state index in [9.17, 15) is 37.5 Å². The zero-order valence-corrected chi connectivity index (χ0v) is 62.7. The lowest BCUT2D eigenvalue weighted by Gasteiger charge is -2.41. The maximum absolute atomic E-state index is 15.3. The van der Waals surface area contributed by atoms with E-state index in [1.165, 1.54) is 98.9 Å². The van der Waals surface area contributed by atoms with Crippen molar-refractivity contribution < 1.29 is 66.3 Å². The van der Waals surface area contributed by atoms with Gasteiger partial charge in [0.25, 0.3) is 0 Å². The van der Waals surface area contributed by atoms with Gasteiger partial charge in [0.1, 0.15) is 66.5 Å². The van der Waals surface area contributed by atoms with Crippen molar-refractivity contribution in [2.75, 3.05) is 88.3 Å². The molecule has 544 valence electrons. The van der Waals surface area contributed by atoms with Crippen LogP contribution in [0.3, 0.4) is 0 Å². The van der Waals surface area contributed by atoms with E-state index in [2.05, 4.69) is 21.3 Å². The Kier molecular flexibility index (Phi) is 33.5. The van der Waals surface area contributed by atoms with Gasteiger partial charge in [-0.2, -0.15) is 4.31 Å². The molecule has 11 amide bonds. The summed E-state index contributed by atoms with van der Waals surface area (Å²) >= 11 is 0. The lowest BCUT2D eigenvalue weighted by atomic mass is 9.91. The van der Waals surface area contributed by atoms with E-state index in [1.54, 1.807) is 67.5 Å². The van der Waals surface area contributed by atoms with E-state index in [1.807, 2.05) is 46.4 Å². The van der Waals surface area contributed by atoms with Gasteiger partial charge in [-0.1, -0.05) is 102 Å². The average Bonchev–Trinajstić information content (AvgIpc) is 0.815. The number of sulfonamides is 1. The number of hydrogen-bond donors (Lipinski definition) is 5. The fraction of sp³-hybridized carbons (Fsp3) is 0.806. The van der Waals surface area contributed by atoms with E-state index < -0.39 is 171 Å². The molecular weight excluding hydrogens is 1240 g/mol. The summed E-state index contributed by atoms with van der Waals surface area (Å²) < 4.78 is 26.3. The molecule has 0 aromatic rings. The molecule has 2 aliphatic rings. The second-order valence-corrected chi connectivity index (χ2v) is 30.7. The van der Waals surface area contributed by atoms with Crippen molar-refractivity contribution in [3.8, 4) is 0 Å². The lowest BCUT2D eigenvalue weighted by Crippen LogP contribution is -2.64. The van der Waals surface area contributed by atoms with Crippen LogP contribution in [0, 0.1) is 41.4 Å². The van der Waals surface area contributed by atoms with E-state index in [0.29, 0.717) is 13.1 Å². The molecule has 2 saturated heterocycles. The Hall–Kier alpha value is -6.26. The van der Waals surface area contributed by atoms with Gasteiger partial charge in [-0.15, -0.1) is 0 Å². The van der Waals surface area contributed by atoms with Crippen LogP contribution in [0.2, 0.25) is 0 Å². The molecule has 2 heterocycles. The van der Waals surface area contributed by atoms with Crippen molar-refractivity contribution >= 4 is 75.0 Å². The standard InChI is InChI=1S/C67H121N13O14S/c1-26-28-29-43(13)56(81)55-60(85)70-48(27-2)63(88)72(18)47(17)62(87)77(23)54(44(14)37-79-30-32-80(33-31-79)95(25,93)94)59(84)71-52(41(9)10)66(91)73(19)49(34-38(3)4)58(83)68-45(15)57(82)69-46(16)61(86)74(20)50(35-39(5)6)64(89)75(21)51(36-40(7)8)65(90)76(22)53(42(11)12)67(92)78(55)24/h26,28,38-56,81H,27,29-37H2,1-25H3,(H,68,83)(H,69,82)(H,70,85)(H,71,84)/b28-26+/t43-,44+,45+,46-,47-,48+,49+,50+,51+,52+,53+,54?,55+,56-/m1/s1. The summed E-state index contributed by atoms with van der Waals surface area (Å²) in [5, 5.41) is 23.3. The Bertz CT molecular complexity index is 2790. The zero-order valence-electron chi connectivity index (χ0n) is 61.9. The van der Waals surface area contributed by atoms with E-state index >= 15 is 28.8 Å². The number of hydrogen-bond acceptors (Lipinski definition) is 15. The van der Waals surface area contributed by atoms with Gasteiger partial charge in [0.15, 0.2) is 0 Å². The van der Waals surface area contributed by atoms with Crippen molar-refractivity contribution in [3.05, 3.63) is 12.2 Å². The van der Waals surface area contributed by atoms with Crippen LogP contribution in [0.4, 0.5) is 0 Å². The molecular formula is C67H121N13O14S. The highest BCUT2D eigenvalue weighted by atomic mass is 32.2. The molecule has 95 heavy (non-hydrogen) atoms. The molecule has 0 aliphatic carbocycles. The third-order valence-electron chi connectivity index (χ3n) is 18.7.